The summed E-state index contributed by atoms with van der Waals surface area (Å²) in [6, 6.07) is 12.8. The molecular weight excluding hydrogens is 359 g/mol. The van der Waals surface area contributed by atoms with Gasteiger partial charge in [-0.1, -0.05) is 17.7 Å². The van der Waals surface area contributed by atoms with Gasteiger partial charge in [0.15, 0.2) is 5.78 Å². The number of benzene rings is 2. The highest BCUT2D eigenvalue weighted by atomic mass is 19.1. The second-order valence-electron chi connectivity index (χ2n) is 6.97. The van der Waals surface area contributed by atoms with Crippen molar-refractivity contribution in [3.8, 4) is 0 Å². The fourth-order valence-electron chi connectivity index (χ4n) is 3.28. The van der Waals surface area contributed by atoms with Gasteiger partial charge in [0.05, 0.1) is 0 Å². The first-order chi connectivity index (χ1) is 13.4. The molecule has 0 bridgehead atoms. The van der Waals surface area contributed by atoms with Crippen molar-refractivity contribution in [1.29, 1.82) is 0 Å². The lowest BCUT2D eigenvalue weighted by Crippen LogP contribution is -2.50. The van der Waals surface area contributed by atoms with Gasteiger partial charge < -0.3 is 9.80 Å². The van der Waals surface area contributed by atoms with E-state index in [1.807, 2.05) is 25.1 Å². The lowest BCUT2D eigenvalue weighted by atomic mass is 10.1. The van der Waals surface area contributed by atoms with E-state index in [1.54, 1.807) is 15.9 Å². The first-order valence-corrected chi connectivity index (χ1v) is 9.36. The predicted molar refractivity (Wildman–Crippen MR) is 104 cm³/mol. The number of aryl methyl sites for hydroxylation is 1. The number of hydrogen-bond donors (Lipinski definition) is 0. The number of carbonyl (C=O) groups excluding carboxylic acids is 3. The highest BCUT2D eigenvalue weighted by molar-refractivity contribution is 5.98. The number of hydrogen-bond acceptors (Lipinski definition) is 3. The number of ketones is 1. The van der Waals surface area contributed by atoms with E-state index in [1.165, 1.54) is 24.3 Å². The molecule has 0 saturated carbocycles. The van der Waals surface area contributed by atoms with Crippen LogP contribution in [0.4, 0.5) is 4.39 Å². The molecule has 0 aliphatic carbocycles. The van der Waals surface area contributed by atoms with Crippen molar-refractivity contribution in [2.24, 2.45) is 0 Å². The molecule has 0 aromatic heterocycles. The maximum atomic E-state index is 12.9. The Balaban J connectivity index is 1.47. The molecule has 2 amide bonds. The molecule has 1 fully saturated rings. The van der Waals surface area contributed by atoms with Crippen molar-refractivity contribution < 1.29 is 18.8 Å². The Kier molecular flexibility index (Phi) is 6.19. The monoisotopic (exact) mass is 382 g/mol. The maximum Gasteiger partial charge on any atom is 0.253 e. The van der Waals surface area contributed by atoms with Gasteiger partial charge >= 0.3 is 0 Å². The van der Waals surface area contributed by atoms with E-state index in [0.29, 0.717) is 37.3 Å². The molecule has 0 radical (unpaired) electrons. The number of carbonyl (C=O) groups is 3. The first kappa shape index (κ1) is 19.7. The van der Waals surface area contributed by atoms with Gasteiger partial charge in [-0.3, -0.25) is 14.4 Å². The molecule has 2 aromatic rings. The van der Waals surface area contributed by atoms with Gasteiger partial charge in [-0.25, -0.2) is 4.39 Å². The molecule has 1 saturated heterocycles. The van der Waals surface area contributed by atoms with Gasteiger partial charge in [0.25, 0.3) is 5.91 Å². The Morgan fingerprint density at radius 3 is 2.14 bits per heavy atom. The fraction of sp³-hybridized carbons (Fsp3) is 0.318. The highest BCUT2D eigenvalue weighted by Crippen LogP contribution is 2.13. The number of rotatable bonds is 5. The van der Waals surface area contributed by atoms with Crippen molar-refractivity contribution in [3.63, 3.8) is 0 Å². The van der Waals surface area contributed by atoms with Crippen LogP contribution >= 0.6 is 0 Å². The average Bonchev–Trinajstić information content (AvgIpc) is 2.72. The minimum Gasteiger partial charge on any atom is -0.339 e. The second-order valence-corrected chi connectivity index (χ2v) is 6.97. The Morgan fingerprint density at radius 1 is 0.857 bits per heavy atom. The van der Waals surface area contributed by atoms with Crippen LogP contribution in [0.15, 0.2) is 48.5 Å². The minimum absolute atomic E-state index is 0.0257. The lowest BCUT2D eigenvalue weighted by molar-refractivity contribution is -0.132. The highest BCUT2D eigenvalue weighted by Gasteiger charge is 2.25. The Bertz CT molecular complexity index is 872. The number of halogens is 1. The van der Waals surface area contributed by atoms with E-state index in [9.17, 15) is 18.8 Å². The molecule has 1 aliphatic heterocycles. The summed E-state index contributed by atoms with van der Waals surface area (Å²) in [6.45, 7) is 3.82. The topological polar surface area (TPSA) is 57.7 Å². The number of piperazine rings is 1. The zero-order valence-electron chi connectivity index (χ0n) is 15.9. The largest absolute Gasteiger partial charge is 0.339 e. The molecular formula is C22H23FN2O3. The van der Waals surface area contributed by atoms with Gasteiger partial charge in [0.1, 0.15) is 5.82 Å². The summed E-state index contributed by atoms with van der Waals surface area (Å²) in [5, 5.41) is 0. The van der Waals surface area contributed by atoms with E-state index in [-0.39, 0.29) is 30.4 Å². The molecule has 5 nitrogen and oxygen atoms in total. The van der Waals surface area contributed by atoms with Gasteiger partial charge in [-0.2, -0.15) is 0 Å². The quantitative estimate of drug-likeness (QED) is 0.747. The van der Waals surface area contributed by atoms with E-state index in [2.05, 4.69) is 0 Å². The van der Waals surface area contributed by atoms with Crippen LogP contribution in [0.25, 0.3) is 0 Å². The molecule has 28 heavy (non-hydrogen) atoms. The molecule has 0 unspecified atom stereocenters. The van der Waals surface area contributed by atoms with E-state index >= 15 is 0 Å². The zero-order chi connectivity index (χ0) is 20.1. The molecule has 1 heterocycles. The van der Waals surface area contributed by atoms with Crippen LogP contribution in [-0.2, 0) is 4.79 Å². The summed E-state index contributed by atoms with van der Waals surface area (Å²) in [6.07, 6.45) is 0.203. The van der Waals surface area contributed by atoms with Gasteiger partial charge in [-0.15, -0.1) is 0 Å². The van der Waals surface area contributed by atoms with E-state index in [0.717, 1.165) is 5.56 Å². The third-order valence-corrected chi connectivity index (χ3v) is 4.92. The predicted octanol–water partition coefficient (Wildman–Crippen LogP) is 3.08. The number of amides is 2. The van der Waals surface area contributed by atoms with Crippen LogP contribution in [0, 0.1) is 12.7 Å². The molecule has 1 aliphatic rings. The van der Waals surface area contributed by atoms with Crippen LogP contribution in [0.2, 0.25) is 0 Å². The van der Waals surface area contributed by atoms with Crippen molar-refractivity contribution in [1.82, 2.24) is 9.80 Å². The zero-order valence-corrected chi connectivity index (χ0v) is 15.9. The Hall–Kier alpha value is -3.02. The normalized spacial score (nSPS) is 14.1. The molecule has 0 spiro atoms. The summed E-state index contributed by atoms with van der Waals surface area (Å²) < 4.78 is 12.9. The maximum absolute atomic E-state index is 12.9. The van der Waals surface area contributed by atoms with Crippen molar-refractivity contribution in [2.45, 2.75) is 19.8 Å². The SMILES string of the molecule is Cc1cccc(C(=O)N2CCN(C(=O)CCC(=O)c3ccc(F)cc3)CC2)c1. The van der Waals surface area contributed by atoms with E-state index < -0.39 is 5.82 Å². The first-order valence-electron chi connectivity index (χ1n) is 9.36. The van der Waals surface area contributed by atoms with Crippen LogP contribution in [0.5, 0.6) is 0 Å². The lowest BCUT2D eigenvalue weighted by Gasteiger charge is -2.35. The summed E-state index contributed by atoms with van der Waals surface area (Å²) in [5.74, 6) is -0.701. The fourth-order valence-corrected chi connectivity index (χ4v) is 3.28. The van der Waals surface area contributed by atoms with E-state index in [4.69, 9.17) is 0 Å². The van der Waals surface area contributed by atoms with Crippen LogP contribution in [0.3, 0.4) is 0 Å². The summed E-state index contributed by atoms with van der Waals surface area (Å²) in [5.41, 5.74) is 2.10. The minimum atomic E-state index is -0.397. The standard InChI is InChI=1S/C22H23FN2O3/c1-16-3-2-4-18(15-16)22(28)25-13-11-24(12-14-25)21(27)10-9-20(26)17-5-7-19(23)8-6-17/h2-8,15H,9-14H2,1H3. The molecule has 3 rings (SSSR count). The van der Waals surface area contributed by atoms with Crippen LogP contribution in [0.1, 0.15) is 39.1 Å². The van der Waals surface area contributed by atoms with Gasteiger partial charge in [0.2, 0.25) is 5.91 Å². The summed E-state index contributed by atoms with van der Waals surface area (Å²) >= 11 is 0. The molecule has 6 heteroatoms. The number of nitrogens with zero attached hydrogens (tertiary/aromatic N) is 2. The summed E-state index contributed by atoms with van der Waals surface area (Å²) in [7, 11) is 0. The number of Topliss-reactive ketones (excluding diaryl/α,β-unsaturated/α-hetero) is 1. The third kappa shape index (κ3) is 4.82. The van der Waals surface area contributed by atoms with Crippen LogP contribution < -0.4 is 0 Å². The molecule has 2 aromatic carbocycles. The van der Waals surface area contributed by atoms with Crippen LogP contribution in [-0.4, -0.2) is 53.6 Å². The molecule has 0 atom stereocenters. The third-order valence-electron chi connectivity index (χ3n) is 4.92. The van der Waals surface area contributed by atoms with Crippen molar-refractivity contribution >= 4 is 17.6 Å². The molecule has 146 valence electrons. The van der Waals surface area contributed by atoms with Gasteiger partial charge in [0, 0.05) is 50.1 Å². The molecule has 0 N–H and O–H groups in total. The average molecular weight is 382 g/mol. The second kappa shape index (κ2) is 8.78. The smallest absolute Gasteiger partial charge is 0.253 e. The summed E-state index contributed by atoms with van der Waals surface area (Å²) in [4.78, 5) is 40.5. The van der Waals surface area contributed by atoms with Gasteiger partial charge in [-0.05, 0) is 43.3 Å². The Morgan fingerprint density at radius 2 is 1.50 bits per heavy atom. The Labute approximate surface area is 163 Å². The van der Waals surface area contributed by atoms with Crippen molar-refractivity contribution in [2.75, 3.05) is 26.2 Å². The van der Waals surface area contributed by atoms with Crippen molar-refractivity contribution in [3.05, 3.63) is 71.0 Å².